The molecule has 10 nitrogen and oxygen atoms in total. The molecule has 0 atom stereocenters. The van der Waals surface area contributed by atoms with E-state index in [1.807, 2.05) is 54.0 Å². The summed E-state index contributed by atoms with van der Waals surface area (Å²) in [4.78, 5) is 34.3. The van der Waals surface area contributed by atoms with E-state index in [1.165, 1.54) is 0 Å². The molecule has 0 aliphatic heterocycles. The van der Waals surface area contributed by atoms with E-state index in [9.17, 15) is 9.59 Å². The zero-order valence-corrected chi connectivity index (χ0v) is 22.5. The minimum atomic E-state index is -0.273. The number of fused-ring (bicyclic) bond motifs is 1. The summed E-state index contributed by atoms with van der Waals surface area (Å²) in [6.45, 7) is 1.93. The van der Waals surface area contributed by atoms with E-state index in [1.54, 1.807) is 57.8 Å². The van der Waals surface area contributed by atoms with Crippen molar-refractivity contribution in [2.45, 2.75) is 6.92 Å². The van der Waals surface area contributed by atoms with Crippen molar-refractivity contribution < 1.29 is 19.1 Å². The lowest BCUT2D eigenvalue weighted by atomic mass is 10.0. The van der Waals surface area contributed by atoms with Gasteiger partial charge in [0.2, 0.25) is 0 Å². The van der Waals surface area contributed by atoms with Gasteiger partial charge in [0.05, 0.1) is 19.9 Å². The van der Waals surface area contributed by atoms with Crippen molar-refractivity contribution in [3.8, 4) is 22.8 Å². The number of aromatic nitrogens is 3. The number of benzene rings is 3. The number of carbonyl (C=O) groups excluding carboxylic acids is 2. The molecule has 40 heavy (non-hydrogen) atoms. The van der Waals surface area contributed by atoms with Crippen LogP contribution in [-0.2, 0) is 0 Å². The number of hydrogen-bond donors (Lipinski definition) is 3. The van der Waals surface area contributed by atoms with Crippen LogP contribution < -0.4 is 25.4 Å². The third kappa shape index (κ3) is 5.41. The summed E-state index contributed by atoms with van der Waals surface area (Å²) >= 11 is 0. The molecular weight excluding hydrogens is 508 g/mol. The highest BCUT2D eigenvalue weighted by atomic mass is 16.5. The Kier molecular flexibility index (Phi) is 7.32. The highest BCUT2D eigenvalue weighted by Gasteiger charge is 2.15. The maximum atomic E-state index is 13.2. The second kappa shape index (κ2) is 11.2. The Bertz CT molecular complexity index is 1710. The van der Waals surface area contributed by atoms with E-state index in [0.29, 0.717) is 45.5 Å². The van der Waals surface area contributed by atoms with Crippen molar-refractivity contribution in [3.05, 3.63) is 95.9 Å². The lowest BCUT2D eigenvalue weighted by molar-refractivity contribution is 0.0962. The Morgan fingerprint density at radius 3 is 2.33 bits per heavy atom. The first-order valence-electron chi connectivity index (χ1n) is 12.5. The van der Waals surface area contributed by atoms with Crippen molar-refractivity contribution >= 4 is 34.7 Å². The number of hydrogen-bond acceptors (Lipinski definition) is 7. The quantitative estimate of drug-likeness (QED) is 0.253. The van der Waals surface area contributed by atoms with Crippen LogP contribution in [0.2, 0.25) is 0 Å². The van der Waals surface area contributed by atoms with Gasteiger partial charge in [-0.05, 0) is 67.1 Å². The zero-order valence-electron chi connectivity index (χ0n) is 22.5. The topological polar surface area (TPSA) is 119 Å². The Hall–Kier alpha value is -5.38. The molecule has 0 saturated heterocycles. The van der Waals surface area contributed by atoms with Crippen LogP contribution in [0.5, 0.6) is 11.5 Å². The first-order chi connectivity index (χ1) is 19.4. The van der Waals surface area contributed by atoms with Gasteiger partial charge < -0.3 is 29.8 Å². The smallest absolute Gasteiger partial charge is 0.255 e. The predicted molar refractivity (Wildman–Crippen MR) is 154 cm³/mol. The summed E-state index contributed by atoms with van der Waals surface area (Å²) in [5.41, 5.74) is 5.29. The molecular formula is C30H28N6O4. The third-order valence-corrected chi connectivity index (χ3v) is 6.29. The van der Waals surface area contributed by atoms with Crippen LogP contribution in [-0.4, -0.2) is 47.5 Å². The molecule has 0 aliphatic rings. The molecule has 5 rings (SSSR count). The Morgan fingerprint density at radius 2 is 1.60 bits per heavy atom. The Morgan fingerprint density at radius 1 is 0.850 bits per heavy atom. The van der Waals surface area contributed by atoms with E-state index < -0.39 is 0 Å². The molecule has 2 amide bonds. The molecule has 3 N–H and O–H groups in total. The number of nitrogens with zero attached hydrogens (tertiary/aromatic N) is 3. The number of methoxy groups -OCH3 is 2. The number of nitrogens with one attached hydrogen (secondary N) is 3. The number of ether oxygens (including phenoxy) is 2. The summed E-state index contributed by atoms with van der Waals surface area (Å²) < 4.78 is 12.6. The molecule has 2 heterocycles. The van der Waals surface area contributed by atoms with Crippen molar-refractivity contribution in [1.29, 1.82) is 0 Å². The standard InChI is InChI=1S/C30H28N6O4/c1-18-13-20(15-21(14-18)30(38)34-22-7-5-19(6-8-22)29(37)31-2)24-17-36-12-11-32-28(36)27(35-24)33-23-9-10-25(39-3)26(16-23)40-4/h5-17H,1-4H3,(H,31,37)(H,33,35)(H,34,38). The second-order valence-corrected chi connectivity index (χ2v) is 9.03. The first kappa shape index (κ1) is 26.2. The van der Waals surface area contributed by atoms with Crippen LogP contribution in [0.15, 0.2) is 79.3 Å². The average Bonchev–Trinajstić information content (AvgIpc) is 3.46. The van der Waals surface area contributed by atoms with Crippen molar-refractivity contribution in [3.63, 3.8) is 0 Å². The number of anilines is 3. The predicted octanol–water partition coefficient (Wildman–Crippen LogP) is 5.08. The molecule has 0 radical (unpaired) electrons. The van der Waals surface area contributed by atoms with Gasteiger partial charge in [-0.25, -0.2) is 9.97 Å². The van der Waals surface area contributed by atoms with E-state index in [0.717, 1.165) is 16.8 Å². The van der Waals surface area contributed by atoms with Crippen molar-refractivity contribution in [2.75, 3.05) is 31.9 Å². The van der Waals surface area contributed by atoms with Crippen LogP contribution in [0, 0.1) is 6.92 Å². The van der Waals surface area contributed by atoms with E-state index >= 15 is 0 Å². The van der Waals surface area contributed by atoms with Crippen LogP contribution in [0.3, 0.4) is 0 Å². The lowest BCUT2D eigenvalue weighted by Crippen LogP contribution is -2.18. The number of carbonyl (C=O) groups is 2. The third-order valence-electron chi connectivity index (χ3n) is 6.29. The minimum absolute atomic E-state index is 0.191. The van der Waals surface area contributed by atoms with E-state index in [-0.39, 0.29) is 11.8 Å². The van der Waals surface area contributed by atoms with Crippen LogP contribution in [0.4, 0.5) is 17.2 Å². The largest absolute Gasteiger partial charge is 0.493 e. The first-order valence-corrected chi connectivity index (χ1v) is 12.5. The van der Waals surface area contributed by atoms with Gasteiger partial charge in [0.25, 0.3) is 11.8 Å². The molecule has 3 aromatic carbocycles. The second-order valence-electron chi connectivity index (χ2n) is 9.03. The molecule has 202 valence electrons. The Balaban J connectivity index is 1.45. The molecule has 10 heteroatoms. The Labute approximate surface area is 231 Å². The van der Waals surface area contributed by atoms with Gasteiger partial charge in [-0.1, -0.05) is 0 Å². The molecule has 0 spiro atoms. The van der Waals surface area contributed by atoms with E-state index in [4.69, 9.17) is 14.5 Å². The van der Waals surface area contributed by atoms with Gasteiger partial charge in [-0.3, -0.25) is 9.59 Å². The molecule has 5 aromatic rings. The van der Waals surface area contributed by atoms with Crippen molar-refractivity contribution in [1.82, 2.24) is 19.7 Å². The minimum Gasteiger partial charge on any atom is -0.493 e. The summed E-state index contributed by atoms with van der Waals surface area (Å²) in [5, 5.41) is 8.81. The van der Waals surface area contributed by atoms with Gasteiger partial charge in [-0.15, -0.1) is 0 Å². The molecule has 0 bridgehead atoms. The van der Waals surface area contributed by atoms with E-state index in [2.05, 4.69) is 20.9 Å². The maximum absolute atomic E-state index is 13.2. The summed E-state index contributed by atoms with van der Waals surface area (Å²) in [7, 11) is 4.74. The number of imidazole rings is 1. The summed E-state index contributed by atoms with van der Waals surface area (Å²) in [6, 6.07) is 17.8. The van der Waals surface area contributed by atoms with Crippen LogP contribution >= 0.6 is 0 Å². The average molecular weight is 537 g/mol. The highest BCUT2D eigenvalue weighted by molar-refractivity contribution is 6.05. The fraction of sp³-hybridized carbons (Fsp3) is 0.133. The lowest BCUT2D eigenvalue weighted by Gasteiger charge is -2.13. The van der Waals surface area contributed by atoms with Gasteiger partial charge in [0.1, 0.15) is 0 Å². The SMILES string of the molecule is CNC(=O)c1ccc(NC(=O)c2cc(C)cc(-c3cn4ccnc4c(Nc4ccc(OC)c(OC)c4)n3)c2)cc1. The fourth-order valence-electron chi connectivity index (χ4n) is 4.32. The maximum Gasteiger partial charge on any atom is 0.255 e. The summed E-state index contributed by atoms with van der Waals surface area (Å²) in [6.07, 6.45) is 5.41. The zero-order chi connectivity index (χ0) is 28.2. The molecule has 0 aliphatic carbocycles. The molecule has 0 saturated carbocycles. The van der Waals surface area contributed by atoms with Gasteiger partial charge >= 0.3 is 0 Å². The van der Waals surface area contributed by atoms with Crippen molar-refractivity contribution in [2.24, 2.45) is 0 Å². The molecule has 0 fully saturated rings. The van der Waals surface area contributed by atoms with Gasteiger partial charge in [0, 0.05) is 59.8 Å². The number of amides is 2. The fourth-order valence-corrected chi connectivity index (χ4v) is 4.32. The number of rotatable bonds is 8. The monoisotopic (exact) mass is 536 g/mol. The number of aryl methyl sites for hydroxylation is 1. The normalized spacial score (nSPS) is 10.7. The highest BCUT2D eigenvalue weighted by Crippen LogP contribution is 2.32. The van der Waals surface area contributed by atoms with Crippen LogP contribution in [0.1, 0.15) is 26.3 Å². The summed E-state index contributed by atoms with van der Waals surface area (Å²) in [5.74, 6) is 1.28. The van der Waals surface area contributed by atoms with Gasteiger partial charge in [-0.2, -0.15) is 0 Å². The molecule has 0 unspecified atom stereocenters. The molecule has 2 aromatic heterocycles. The van der Waals surface area contributed by atoms with Gasteiger partial charge in [0.15, 0.2) is 23.0 Å². The van der Waals surface area contributed by atoms with Crippen LogP contribution in [0.25, 0.3) is 16.9 Å².